The van der Waals surface area contributed by atoms with Crippen molar-refractivity contribution in [3.8, 4) is 17.2 Å². The second-order valence-electron chi connectivity index (χ2n) is 8.72. The topological polar surface area (TPSA) is 110 Å². The number of morpholine rings is 1. The van der Waals surface area contributed by atoms with Gasteiger partial charge < -0.3 is 34.2 Å². The number of rotatable bonds is 7. The molecule has 2 aromatic rings. The molecule has 0 aliphatic carbocycles. The number of methoxy groups -OCH3 is 2. The van der Waals surface area contributed by atoms with E-state index in [1.165, 1.54) is 23.0 Å². The van der Waals surface area contributed by atoms with Crippen molar-refractivity contribution in [3.05, 3.63) is 58.7 Å². The first kappa shape index (κ1) is 24.6. The highest BCUT2D eigenvalue weighted by atomic mass is 16.5. The number of benzene rings is 2. The Morgan fingerprint density at radius 1 is 1.09 bits per heavy atom. The number of hydrogen-bond acceptors (Lipinski definition) is 7. The number of quaternary nitrogens is 1. The third-order valence-electron chi connectivity index (χ3n) is 6.63. The number of amides is 1. The molecule has 4 rings (SSSR count). The molecule has 35 heavy (non-hydrogen) atoms. The van der Waals surface area contributed by atoms with Crippen LogP contribution in [-0.4, -0.2) is 80.4 Å². The van der Waals surface area contributed by atoms with E-state index in [0.29, 0.717) is 43.2 Å². The first-order valence-electron chi connectivity index (χ1n) is 11.6. The number of aryl methyl sites for hydroxylation is 1. The molecule has 0 radical (unpaired) electrons. The zero-order valence-corrected chi connectivity index (χ0v) is 20.2. The summed E-state index contributed by atoms with van der Waals surface area (Å²) in [5.41, 5.74) is 1.76. The lowest BCUT2D eigenvalue weighted by Gasteiger charge is -2.29. The third-order valence-corrected chi connectivity index (χ3v) is 6.63. The summed E-state index contributed by atoms with van der Waals surface area (Å²) >= 11 is 0. The Labute approximate surface area is 204 Å². The van der Waals surface area contributed by atoms with Crippen LogP contribution in [0, 0.1) is 6.92 Å². The SMILES string of the molecule is COc1ccc(C(O)=C2C(=O)C(=O)N(CC[NH+]3CCOCC3)C2c2ccc(O)c(OC)c2)cc1C. The highest BCUT2D eigenvalue weighted by molar-refractivity contribution is 6.46. The molecule has 2 saturated heterocycles. The van der Waals surface area contributed by atoms with Crippen molar-refractivity contribution in [2.45, 2.75) is 13.0 Å². The Kier molecular flexibility index (Phi) is 7.28. The van der Waals surface area contributed by atoms with Gasteiger partial charge in [0.15, 0.2) is 11.5 Å². The summed E-state index contributed by atoms with van der Waals surface area (Å²) in [4.78, 5) is 29.2. The molecule has 3 N–H and O–H groups in total. The summed E-state index contributed by atoms with van der Waals surface area (Å²) in [5.74, 6) is -0.863. The minimum absolute atomic E-state index is 0.00397. The maximum absolute atomic E-state index is 13.3. The molecule has 2 fully saturated rings. The largest absolute Gasteiger partial charge is 0.507 e. The van der Waals surface area contributed by atoms with Gasteiger partial charge in [0.1, 0.15) is 24.6 Å². The number of ether oxygens (including phenoxy) is 3. The van der Waals surface area contributed by atoms with Gasteiger partial charge in [0.25, 0.3) is 11.7 Å². The summed E-state index contributed by atoms with van der Waals surface area (Å²) in [7, 11) is 2.99. The number of aromatic hydroxyl groups is 1. The summed E-state index contributed by atoms with van der Waals surface area (Å²) in [6, 6.07) is 8.93. The predicted molar refractivity (Wildman–Crippen MR) is 128 cm³/mol. The second-order valence-corrected chi connectivity index (χ2v) is 8.72. The Bertz CT molecular complexity index is 1150. The molecule has 0 saturated carbocycles. The van der Waals surface area contributed by atoms with E-state index in [0.717, 1.165) is 18.7 Å². The minimum Gasteiger partial charge on any atom is -0.507 e. The average Bonchev–Trinajstić information content (AvgIpc) is 3.12. The molecular weight excluding hydrogens is 452 g/mol. The normalized spacial score (nSPS) is 20.3. The van der Waals surface area contributed by atoms with E-state index in [2.05, 4.69) is 0 Å². The molecule has 9 heteroatoms. The number of aliphatic hydroxyl groups excluding tert-OH is 1. The molecule has 9 nitrogen and oxygen atoms in total. The van der Waals surface area contributed by atoms with Gasteiger partial charge in [-0.05, 0) is 48.4 Å². The monoisotopic (exact) mass is 483 g/mol. The standard InChI is InChI=1S/C26H30N2O7/c1-16-14-18(5-7-20(16)33-2)24(30)22-23(17-4-6-19(29)21(15-17)34-3)28(26(32)25(22)31)9-8-27-10-12-35-13-11-27/h4-7,14-15,23,29-30H,8-13H2,1-3H3/p+1. The van der Waals surface area contributed by atoms with Crippen LogP contribution >= 0.6 is 0 Å². The van der Waals surface area contributed by atoms with Crippen molar-refractivity contribution in [1.82, 2.24) is 4.90 Å². The zero-order chi connectivity index (χ0) is 25.1. The number of ketones is 1. The number of hydrogen-bond donors (Lipinski definition) is 3. The summed E-state index contributed by atoms with van der Waals surface area (Å²) < 4.78 is 16.0. The number of carbonyl (C=O) groups excluding carboxylic acids is 2. The molecule has 2 aliphatic heterocycles. The highest BCUT2D eigenvalue weighted by Crippen LogP contribution is 2.41. The number of phenolic OH excluding ortho intramolecular Hbond substituents is 1. The fourth-order valence-corrected chi connectivity index (χ4v) is 4.69. The van der Waals surface area contributed by atoms with E-state index in [4.69, 9.17) is 14.2 Å². The number of nitrogens with one attached hydrogen (secondary N) is 1. The second kappa shape index (κ2) is 10.4. The molecule has 0 bridgehead atoms. The molecule has 186 valence electrons. The molecule has 1 atom stereocenters. The molecule has 1 amide bonds. The van der Waals surface area contributed by atoms with E-state index < -0.39 is 17.7 Å². The first-order valence-corrected chi connectivity index (χ1v) is 11.6. The fraction of sp³-hybridized carbons (Fsp3) is 0.385. The number of carbonyl (C=O) groups is 2. The average molecular weight is 484 g/mol. The molecule has 2 aromatic carbocycles. The van der Waals surface area contributed by atoms with Gasteiger partial charge in [-0.25, -0.2) is 0 Å². The van der Waals surface area contributed by atoms with E-state index in [9.17, 15) is 19.8 Å². The molecular formula is C26H31N2O7+. The summed E-state index contributed by atoms with van der Waals surface area (Å²) in [6.07, 6.45) is 0. The number of nitrogens with zero attached hydrogens (tertiary/aromatic N) is 1. The van der Waals surface area contributed by atoms with Crippen LogP contribution in [0.15, 0.2) is 42.0 Å². The highest BCUT2D eigenvalue weighted by Gasteiger charge is 2.46. The van der Waals surface area contributed by atoms with Crippen LogP contribution in [0.25, 0.3) is 5.76 Å². The van der Waals surface area contributed by atoms with Gasteiger partial charge in [0.05, 0.1) is 52.1 Å². The summed E-state index contributed by atoms with van der Waals surface area (Å²) in [6.45, 7) is 5.77. The Morgan fingerprint density at radius 2 is 1.80 bits per heavy atom. The smallest absolute Gasteiger partial charge is 0.295 e. The van der Waals surface area contributed by atoms with Crippen LogP contribution in [0.2, 0.25) is 0 Å². The predicted octanol–water partition coefficient (Wildman–Crippen LogP) is 1.05. The maximum Gasteiger partial charge on any atom is 0.295 e. The van der Waals surface area contributed by atoms with Crippen LogP contribution in [0.5, 0.6) is 17.2 Å². The Morgan fingerprint density at radius 3 is 2.46 bits per heavy atom. The van der Waals surface area contributed by atoms with Gasteiger partial charge in [-0.3, -0.25) is 9.59 Å². The molecule has 2 aliphatic rings. The van der Waals surface area contributed by atoms with E-state index >= 15 is 0 Å². The van der Waals surface area contributed by atoms with E-state index in [-0.39, 0.29) is 22.8 Å². The van der Waals surface area contributed by atoms with E-state index in [1.54, 1.807) is 37.4 Å². The lowest BCUT2D eigenvalue weighted by molar-refractivity contribution is -0.907. The van der Waals surface area contributed by atoms with Crippen LogP contribution in [0.4, 0.5) is 0 Å². The van der Waals surface area contributed by atoms with Crippen LogP contribution in [-0.2, 0) is 14.3 Å². The number of likely N-dealkylation sites (tertiary alicyclic amines) is 1. The minimum atomic E-state index is -0.827. The van der Waals surface area contributed by atoms with Crippen molar-refractivity contribution in [3.63, 3.8) is 0 Å². The summed E-state index contributed by atoms with van der Waals surface area (Å²) in [5, 5.41) is 21.4. The van der Waals surface area contributed by atoms with Gasteiger partial charge in [-0.1, -0.05) is 6.07 Å². The Hall–Kier alpha value is -3.56. The quantitative estimate of drug-likeness (QED) is 0.307. The number of aliphatic hydroxyl groups is 1. The zero-order valence-electron chi connectivity index (χ0n) is 20.2. The van der Waals surface area contributed by atoms with Crippen molar-refractivity contribution >= 4 is 17.4 Å². The molecule has 0 spiro atoms. The fourth-order valence-electron chi connectivity index (χ4n) is 4.69. The third kappa shape index (κ3) is 4.82. The van der Waals surface area contributed by atoms with Crippen molar-refractivity contribution in [2.75, 3.05) is 53.6 Å². The molecule has 1 unspecified atom stereocenters. The lowest BCUT2D eigenvalue weighted by atomic mass is 9.94. The Balaban J connectivity index is 1.78. The van der Waals surface area contributed by atoms with Crippen molar-refractivity contribution in [1.29, 1.82) is 0 Å². The lowest BCUT2D eigenvalue weighted by Crippen LogP contribution is -3.14. The first-order chi connectivity index (χ1) is 16.8. The number of Topliss-reactive ketones (excluding diaryl/α,β-unsaturated/α-hetero) is 1. The van der Waals surface area contributed by atoms with Gasteiger partial charge in [-0.2, -0.15) is 0 Å². The number of phenols is 1. The molecule has 2 heterocycles. The van der Waals surface area contributed by atoms with Gasteiger partial charge in [0, 0.05) is 5.56 Å². The van der Waals surface area contributed by atoms with Gasteiger partial charge in [-0.15, -0.1) is 0 Å². The van der Waals surface area contributed by atoms with Gasteiger partial charge in [0.2, 0.25) is 0 Å². The van der Waals surface area contributed by atoms with Crippen molar-refractivity contribution < 1.29 is 38.9 Å². The van der Waals surface area contributed by atoms with Crippen molar-refractivity contribution in [2.24, 2.45) is 0 Å². The van der Waals surface area contributed by atoms with E-state index in [1.807, 2.05) is 6.92 Å². The maximum atomic E-state index is 13.3. The van der Waals surface area contributed by atoms with Crippen LogP contribution < -0.4 is 14.4 Å². The van der Waals surface area contributed by atoms with Crippen LogP contribution in [0.1, 0.15) is 22.7 Å². The van der Waals surface area contributed by atoms with Crippen LogP contribution in [0.3, 0.4) is 0 Å². The van der Waals surface area contributed by atoms with Gasteiger partial charge >= 0.3 is 0 Å². The molecule has 0 aromatic heterocycles.